The van der Waals surface area contributed by atoms with E-state index in [4.69, 9.17) is 11.5 Å². The Morgan fingerprint density at radius 3 is 2.06 bits per heavy atom. The number of hydrogen-bond donors (Lipinski definition) is 2. The maximum atomic E-state index is 10.0. The van der Waals surface area contributed by atoms with Gasteiger partial charge in [0.2, 0.25) is 0 Å². The van der Waals surface area contributed by atoms with Crippen molar-refractivity contribution in [3.8, 4) is 0 Å². The summed E-state index contributed by atoms with van der Waals surface area (Å²) in [7, 11) is 0. The first-order valence-electron chi connectivity index (χ1n) is 4.38. The summed E-state index contributed by atoms with van der Waals surface area (Å²) < 4.78 is 8.51. The highest BCUT2D eigenvalue weighted by molar-refractivity contribution is 7.09. The zero-order valence-electron chi connectivity index (χ0n) is 9.81. The van der Waals surface area contributed by atoms with Crippen LogP contribution in [0, 0.1) is 6.92 Å². The molecular formula is C9H18ClN3O2S. The second-order valence-electron chi connectivity index (χ2n) is 3.90. The number of carbonyl (C=O) groups is 1. The van der Waals surface area contributed by atoms with Crippen LogP contribution < -0.4 is 11.5 Å². The van der Waals surface area contributed by atoms with E-state index in [1.165, 1.54) is 11.5 Å². The molecular weight excluding hydrogens is 250 g/mol. The molecule has 0 fully saturated rings. The number of aromatic nitrogens is 1. The van der Waals surface area contributed by atoms with Crippen molar-refractivity contribution in [1.29, 1.82) is 0 Å². The number of halogens is 1. The number of amides is 1. The van der Waals surface area contributed by atoms with Crippen molar-refractivity contribution in [2.24, 2.45) is 5.73 Å². The Balaban J connectivity index is 0. The third-order valence-corrected chi connectivity index (χ3v) is 1.76. The molecule has 0 spiro atoms. The molecule has 94 valence electrons. The Morgan fingerprint density at radius 2 is 2.00 bits per heavy atom. The van der Waals surface area contributed by atoms with Crippen LogP contribution in [-0.2, 0) is 4.74 Å². The van der Waals surface area contributed by atoms with Crippen molar-refractivity contribution in [3.63, 3.8) is 0 Å². The summed E-state index contributed by atoms with van der Waals surface area (Å²) in [4.78, 5) is 10.0. The van der Waals surface area contributed by atoms with Gasteiger partial charge in [-0.2, -0.15) is 4.37 Å². The summed E-state index contributed by atoms with van der Waals surface area (Å²) >= 11 is 1.33. The van der Waals surface area contributed by atoms with Crippen LogP contribution in [0.1, 0.15) is 26.5 Å². The van der Waals surface area contributed by atoms with Crippen molar-refractivity contribution in [1.82, 2.24) is 4.37 Å². The van der Waals surface area contributed by atoms with E-state index in [9.17, 15) is 4.79 Å². The number of hydrogen-bond acceptors (Lipinski definition) is 5. The van der Waals surface area contributed by atoms with E-state index in [2.05, 4.69) is 9.11 Å². The van der Waals surface area contributed by atoms with Crippen molar-refractivity contribution in [3.05, 3.63) is 11.8 Å². The quantitative estimate of drug-likeness (QED) is 0.755. The highest BCUT2D eigenvalue weighted by atomic mass is 35.5. The SMILES string of the molecule is CC(C)(C)OC(N)=O.Cc1cc(N)sn1.Cl. The first kappa shape index (κ1) is 17.4. The lowest BCUT2D eigenvalue weighted by Crippen LogP contribution is -2.27. The van der Waals surface area contributed by atoms with Gasteiger partial charge < -0.3 is 16.2 Å². The van der Waals surface area contributed by atoms with Gasteiger partial charge >= 0.3 is 6.09 Å². The Kier molecular flexibility index (Phi) is 7.93. The van der Waals surface area contributed by atoms with E-state index in [1.54, 1.807) is 20.8 Å². The molecule has 0 radical (unpaired) electrons. The predicted molar refractivity (Wildman–Crippen MR) is 68.9 cm³/mol. The minimum Gasteiger partial charge on any atom is -0.444 e. The standard InChI is InChI=1S/C5H11NO2.C4H6N2S.ClH/c1-5(2,3)8-4(6)7;1-3-2-4(5)7-6-3;/h1-3H3,(H2,6,7);2H,5H2,1H3;1H. The number of rotatable bonds is 0. The minimum atomic E-state index is -0.725. The molecule has 1 heterocycles. The molecule has 0 atom stereocenters. The first-order chi connectivity index (χ1) is 6.70. The summed E-state index contributed by atoms with van der Waals surface area (Å²) in [5, 5.41) is 0.789. The van der Waals surface area contributed by atoms with Gasteiger partial charge in [0.1, 0.15) is 10.6 Å². The summed E-state index contributed by atoms with van der Waals surface area (Å²) in [6.45, 7) is 7.21. The van der Waals surface area contributed by atoms with Gasteiger partial charge in [0.25, 0.3) is 0 Å². The molecule has 7 heteroatoms. The molecule has 1 aromatic heterocycles. The Morgan fingerprint density at radius 1 is 1.50 bits per heavy atom. The number of nitrogens with zero attached hydrogens (tertiary/aromatic N) is 1. The molecule has 0 unspecified atom stereocenters. The molecule has 4 N–H and O–H groups in total. The highest BCUT2D eigenvalue weighted by Gasteiger charge is 2.12. The summed E-state index contributed by atoms with van der Waals surface area (Å²) in [6.07, 6.45) is -0.725. The van der Waals surface area contributed by atoms with Crippen LogP contribution in [0.3, 0.4) is 0 Å². The smallest absolute Gasteiger partial charge is 0.405 e. The van der Waals surface area contributed by atoms with Crippen LogP contribution in [0.2, 0.25) is 0 Å². The first-order valence-corrected chi connectivity index (χ1v) is 5.15. The zero-order chi connectivity index (χ0) is 12.1. The molecule has 0 aliphatic rings. The molecule has 0 aromatic carbocycles. The van der Waals surface area contributed by atoms with Crippen LogP contribution in [-0.4, -0.2) is 16.1 Å². The van der Waals surface area contributed by atoms with Crippen molar-refractivity contribution in [2.75, 3.05) is 5.73 Å². The Bertz CT molecular complexity index is 306. The fourth-order valence-corrected chi connectivity index (χ4v) is 1.21. The molecule has 0 saturated carbocycles. The van der Waals surface area contributed by atoms with Crippen LogP contribution in [0.25, 0.3) is 0 Å². The minimum absolute atomic E-state index is 0. The lowest BCUT2D eigenvalue weighted by atomic mass is 10.2. The van der Waals surface area contributed by atoms with E-state index >= 15 is 0 Å². The number of primary amides is 1. The lowest BCUT2D eigenvalue weighted by molar-refractivity contribution is 0.0600. The van der Waals surface area contributed by atoms with Gasteiger partial charge in [0, 0.05) is 0 Å². The Hall–Kier alpha value is -1.01. The van der Waals surface area contributed by atoms with E-state index in [1.807, 2.05) is 13.0 Å². The summed E-state index contributed by atoms with van der Waals surface area (Å²) in [5.74, 6) is 0. The molecule has 16 heavy (non-hydrogen) atoms. The van der Waals surface area contributed by atoms with Gasteiger partial charge in [-0.15, -0.1) is 12.4 Å². The third-order valence-electron chi connectivity index (χ3n) is 1.05. The van der Waals surface area contributed by atoms with Gasteiger partial charge in [0.15, 0.2) is 0 Å². The molecule has 0 bridgehead atoms. The normalized spacial score (nSPS) is 9.50. The second kappa shape index (κ2) is 7.29. The van der Waals surface area contributed by atoms with Crippen LogP contribution in [0.5, 0.6) is 0 Å². The molecule has 1 amide bonds. The Labute approximate surface area is 106 Å². The average Bonchev–Trinajstić information content (AvgIpc) is 2.29. The van der Waals surface area contributed by atoms with Crippen molar-refractivity contribution < 1.29 is 9.53 Å². The fraction of sp³-hybridized carbons (Fsp3) is 0.556. The van der Waals surface area contributed by atoms with E-state index in [0.29, 0.717) is 0 Å². The largest absolute Gasteiger partial charge is 0.444 e. The molecule has 1 rings (SSSR count). The van der Waals surface area contributed by atoms with Gasteiger partial charge in [-0.05, 0) is 45.3 Å². The predicted octanol–water partition coefficient (Wildman–Crippen LogP) is 2.34. The average molecular weight is 268 g/mol. The maximum Gasteiger partial charge on any atom is 0.405 e. The van der Waals surface area contributed by atoms with E-state index in [0.717, 1.165) is 10.7 Å². The number of ether oxygens (including phenoxy) is 1. The van der Waals surface area contributed by atoms with Crippen LogP contribution in [0.4, 0.5) is 9.80 Å². The van der Waals surface area contributed by atoms with E-state index < -0.39 is 11.7 Å². The number of nitrogens with two attached hydrogens (primary N) is 2. The molecule has 0 aliphatic heterocycles. The molecule has 0 saturated heterocycles. The van der Waals surface area contributed by atoms with E-state index in [-0.39, 0.29) is 12.4 Å². The van der Waals surface area contributed by atoms with Gasteiger partial charge in [-0.3, -0.25) is 0 Å². The fourth-order valence-electron chi connectivity index (χ4n) is 0.685. The monoisotopic (exact) mass is 267 g/mol. The number of carbonyl (C=O) groups excluding carboxylic acids is 1. The topological polar surface area (TPSA) is 91.2 Å². The van der Waals surface area contributed by atoms with Crippen molar-refractivity contribution >= 4 is 35.0 Å². The number of aryl methyl sites for hydroxylation is 1. The highest BCUT2D eigenvalue weighted by Crippen LogP contribution is 2.08. The van der Waals surface area contributed by atoms with Crippen LogP contribution >= 0.6 is 23.9 Å². The molecule has 5 nitrogen and oxygen atoms in total. The zero-order valence-corrected chi connectivity index (χ0v) is 11.4. The lowest BCUT2D eigenvalue weighted by Gasteiger charge is -2.16. The summed E-state index contributed by atoms with van der Waals surface area (Å²) in [6, 6.07) is 1.85. The summed E-state index contributed by atoms with van der Waals surface area (Å²) in [5.41, 5.74) is 10.6. The maximum absolute atomic E-state index is 10.0. The second-order valence-corrected chi connectivity index (χ2v) is 4.74. The van der Waals surface area contributed by atoms with Gasteiger partial charge in [0.05, 0.1) is 5.69 Å². The third kappa shape index (κ3) is 11.1. The molecule has 1 aromatic rings. The number of nitrogen functional groups attached to an aromatic ring is 1. The van der Waals surface area contributed by atoms with Crippen molar-refractivity contribution in [2.45, 2.75) is 33.3 Å². The van der Waals surface area contributed by atoms with Gasteiger partial charge in [-0.1, -0.05) is 0 Å². The molecule has 0 aliphatic carbocycles. The van der Waals surface area contributed by atoms with Gasteiger partial charge in [-0.25, -0.2) is 4.79 Å². The van der Waals surface area contributed by atoms with Crippen LogP contribution in [0.15, 0.2) is 6.07 Å². The number of anilines is 1.